The van der Waals surface area contributed by atoms with Crippen molar-refractivity contribution in [1.82, 2.24) is 20.4 Å². The Morgan fingerprint density at radius 2 is 1.93 bits per heavy atom. The molecule has 7 heteroatoms. The van der Waals surface area contributed by atoms with Crippen LogP contribution < -0.4 is 10.6 Å². The lowest BCUT2D eigenvalue weighted by molar-refractivity contribution is -0.127. The van der Waals surface area contributed by atoms with E-state index in [0.717, 1.165) is 64.1 Å². The van der Waals surface area contributed by atoms with Gasteiger partial charge in [0.2, 0.25) is 5.91 Å². The van der Waals surface area contributed by atoms with E-state index in [2.05, 4.69) is 27.4 Å². The second kappa shape index (κ2) is 13.8. The molecule has 1 atom stereocenters. The Balaban J connectivity index is 1.74. The monoisotopic (exact) mass is 409 g/mol. The lowest BCUT2D eigenvalue weighted by atomic mass is 9.85. The number of ether oxygens (including phenoxy) is 1. The number of likely N-dealkylation sites (N-methyl/N-ethyl adjacent to an activating group) is 1. The highest BCUT2D eigenvalue weighted by Gasteiger charge is 2.15. The van der Waals surface area contributed by atoms with Crippen LogP contribution in [0.15, 0.2) is 4.99 Å². The summed E-state index contributed by atoms with van der Waals surface area (Å²) in [4.78, 5) is 20.5. The first-order valence-electron chi connectivity index (χ1n) is 11.6. The number of hydrogen-bond acceptors (Lipinski definition) is 4. The molecule has 0 aromatic carbocycles. The Kier molecular flexibility index (Phi) is 11.4. The zero-order chi connectivity index (χ0) is 20.9. The van der Waals surface area contributed by atoms with Gasteiger partial charge in [0.1, 0.15) is 6.54 Å². The van der Waals surface area contributed by atoms with Crippen LogP contribution in [0.1, 0.15) is 58.3 Å². The van der Waals surface area contributed by atoms with Gasteiger partial charge in [-0.05, 0) is 38.6 Å². The summed E-state index contributed by atoms with van der Waals surface area (Å²) < 4.78 is 5.41. The first-order chi connectivity index (χ1) is 14.0. The zero-order valence-electron chi connectivity index (χ0n) is 18.9. The van der Waals surface area contributed by atoms with Gasteiger partial charge in [0, 0.05) is 39.8 Å². The van der Waals surface area contributed by atoms with Gasteiger partial charge in [0.25, 0.3) is 0 Å². The minimum atomic E-state index is 0.0225. The van der Waals surface area contributed by atoms with Crippen LogP contribution >= 0.6 is 0 Å². The van der Waals surface area contributed by atoms with Gasteiger partial charge in [0.15, 0.2) is 5.96 Å². The summed E-state index contributed by atoms with van der Waals surface area (Å²) in [5.74, 6) is 1.68. The van der Waals surface area contributed by atoms with E-state index in [0.29, 0.717) is 6.04 Å². The maximum absolute atomic E-state index is 11.9. The molecule has 2 rings (SSSR count). The summed E-state index contributed by atoms with van der Waals surface area (Å²) in [6.45, 7) is 8.05. The van der Waals surface area contributed by atoms with Gasteiger partial charge in [-0.15, -0.1) is 0 Å². The summed E-state index contributed by atoms with van der Waals surface area (Å²) in [6.07, 6.45) is 10.5. The van der Waals surface area contributed by atoms with E-state index < -0.39 is 0 Å². The lowest BCUT2D eigenvalue weighted by Gasteiger charge is -2.27. The van der Waals surface area contributed by atoms with E-state index in [-0.39, 0.29) is 12.5 Å². The van der Waals surface area contributed by atoms with Crippen LogP contribution in [-0.4, -0.2) is 87.7 Å². The number of guanidine groups is 1. The first-order valence-corrected chi connectivity index (χ1v) is 11.6. The van der Waals surface area contributed by atoms with E-state index in [1.54, 1.807) is 19.0 Å². The molecule has 1 heterocycles. The van der Waals surface area contributed by atoms with Gasteiger partial charge in [-0.1, -0.05) is 32.1 Å². The van der Waals surface area contributed by atoms with Gasteiger partial charge < -0.3 is 20.3 Å². The molecule has 1 aliphatic heterocycles. The SMILES string of the molecule is CC(CCC1CCCCC1)NC(=NCC(=O)N(C)C)NCCCN1CCOCC1. The largest absolute Gasteiger partial charge is 0.379 e. The number of rotatable bonds is 10. The molecule has 168 valence electrons. The fraction of sp³-hybridized carbons (Fsp3) is 0.909. The van der Waals surface area contributed by atoms with Crippen molar-refractivity contribution in [3.8, 4) is 0 Å². The van der Waals surface area contributed by atoms with Gasteiger partial charge in [-0.3, -0.25) is 9.69 Å². The van der Waals surface area contributed by atoms with Crippen LogP contribution in [-0.2, 0) is 9.53 Å². The van der Waals surface area contributed by atoms with Crippen LogP contribution in [0.2, 0.25) is 0 Å². The van der Waals surface area contributed by atoms with E-state index in [1.807, 2.05) is 0 Å². The number of morpholine rings is 1. The van der Waals surface area contributed by atoms with E-state index in [4.69, 9.17) is 4.74 Å². The number of carbonyl (C=O) groups excluding carboxylic acids is 1. The van der Waals surface area contributed by atoms with Crippen molar-refractivity contribution in [3.05, 3.63) is 0 Å². The molecule has 7 nitrogen and oxygen atoms in total. The molecule has 1 saturated heterocycles. The summed E-state index contributed by atoms with van der Waals surface area (Å²) in [6, 6.07) is 0.358. The highest BCUT2D eigenvalue weighted by atomic mass is 16.5. The average Bonchev–Trinajstić information content (AvgIpc) is 2.74. The van der Waals surface area contributed by atoms with Crippen molar-refractivity contribution in [2.75, 3.05) is 60.0 Å². The standard InChI is InChI=1S/C22H43N5O2/c1-19(10-11-20-8-5-4-6-9-20)25-22(24-18-21(28)26(2)3)23-12-7-13-27-14-16-29-17-15-27/h19-20H,4-18H2,1-3H3,(H2,23,24,25). The van der Waals surface area contributed by atoms with Crippen molar-refractivity contribution >= 4 is 11.9 Å². The Hall–Kier alpha value is -1.34. The zero-order valence-corrected chi connectivity index (χ0v) is 18.9. The quantitative estimate of drug-likeness (QED) is 0.328. The van der Waals surface area contributed by atoms with Crippen molar-refractivity contribution in [2.45, 2.75) is 64.3 Å². The van der Waals surface area contributed by atoms with Crippen molar-refractivity contribution in [3.63, 3.8) is 0 Å². The maximum Gasteiger partial charge on any atom is 0.243 e. The van der Waals surface area contributed by atoms with E-state index in [1.165, 1.54) is 38.5 Å². The Labute approximate surface area is 177 Å². The number of carbonyl (C=O) groups is 1. The first kappa shape index (κ1) is 23.9. The second-order valence-electron chi connectivity index (χ2n) is 8.81. The highest BCUT2D eigenvalue weighted by molar-refractivity contribution is 5.84. The van der Waals surface area contributed by atoms with Gasteiger partial charge in [-0.25, -0.2) is 4.99 Å². The molecular formula is C22H43N5O2. The molecule has 2 aliphatic rings. The number of hydrogen-bond donors (Lipinski definition) is 2. The topological polar surface area (TPSA) is 69.2 Å². The molecule has 1 aliphatic carbocycles. The Bertz CT molecular complexity index is 486. The smallest absolute Gasteiger partial charge is 0.243 e. The van der Waals surface area contributed by atoms with Crippen molar-refractivity contribution in [1.29, 1.82) is 0 Å². The fourth-order valence-electron chi connectivity index (χ4n) is 4.04. The van der Waals surface area contributed by atoms with Crippen molar-refractivity contribution in [2.24, 2.45) is 10.9 Å². The predicted molar refractivity (Wildman–Crippen MR) is 119 cm³/mol. The molecule has 2 N–H and O–H groups in total. The molecule has 0 aromatic rings. The number of nitrogens with zero attached hydrogens (tertiary/aromatic N) is 3. The normalized spacial score (nSPS) is 20.3. The third kappa shape index (κ3) is 10.3. The molecule has 1 amide bonds. The van der Waals surface area contributed by atoms with Gasteiger partial charge in [-0.2, -0.15) is 0 Å². The highest BCUT2D eigenvalue weighted by Crippen LogP contribution is 2.27. The summed E-state index contributed by atoms with van der Waals surface area (Å²) >= 11 is 0. The lowest BCUT2D eigenvalue weighted by Crippen LogP contribution is -2.44. The second-order valence-corrected chi connectivity index (χ2v) is 8.81. The van der Waals surface area contributed by atoms with E-state index in [9.17, 15) is 4.79 Å². The van der Waals surface area contributed by atoms with Crippen LogP contribution in [0.5, 0.6) is 0 Å². The predicted octanol–water partition coefficient (Wildman–Crippen LogP) is 2.08. The molecule has 0 aromatic heterocycles. The molecule has 29 heavy (non-hydrogen) atoms. The summed E-state index contributed by atoms with van der Waals surface area (Å²) in [7, 11) is 3.54. The Morgan fingerprint density at radius 1 is 1.21 bits per heavy atom. The minimum absolute atomic E-state index is 0.0225. The molecule has 1 saturated carbocycles. The molecular weight excluding hydrogens is 366 g/mol. The van der Waals surface area contributed by atoms with E-state index >= 15 is 0 Å². The van der Waals surface area contributed by atoms with Gasteiger partial charge >= 0.3 is 0 Å². The molecule has 0 bridgehead atoms. The third-order valence-corrected chi connectivity index (χ3v) is 6.03. The number of amides is 1. The molecule has 1 unspecified atom stereocenters. The van der Waals surface area contributed by atoms with Crippen LogP contribution in [0.25, 0.3) is 0 Å². The summed E-state index contributed by atoms with van der Waals surface area (Å²) in [5, 5.41) is 6.96. The van der Waals surface area contributed by atoms with Crippen LogP contribution in [0.3, 0.4) is 0 Å². The fourth-order valence-corrected chi connectivity index (χ4v) is 4.04. The molecule has 2 fully saturated rings. The number of aliphatic imine (C=N–C) groups is 1. The van der Waals surface area contributed by atoms with Crippen LogP contribution in [0, 0.1) is 5.92 Å². The minimum Gasteiger partial charge on any atom is -0.379 e. The van der Waals surface area contributed by atoms with Crippen LogP contribution in [0.4, 0.5) is 0 Å². The van der Waals surface area contributed by atoms with Crippen molar-refractivity contribution < 1.29 is 9.53 Å². The molecule has 0 radical (unpaired) electrons. The Morgan fingerprint density at radius 3 is 2.62 bits per heavy atom. The van der Waals surface area contributed by atoms with Gasteiger partial charge in [0.05, 0.1) is 13.2 Å². The molecule has 0 spiro atoms. The summed E-state index contributed by atoms with van der Waals surface area (Å²) in [5.41, 5.74) is 0. The maximum atomic E-state index is 11.9. The third-order valence-electron chi connectivity index (χ3n) is 6.03. The number of nitrogens with one attached hydrogen (secondary N) is 2. The average molecular weight is 410 g/mol.